The molecule has 1 aromatic heterocycles. The lowest BCUT2D eigenvalue weighted by Crippen LogP contribution is -2.36. The maximum Gasteiger partial charge on any atom is 0.417 e. The zero-order valence-corrected chi connectivity index (χ0v) is 15.4. The summed E-state index contributed by atoms with van der Waals surface area (Å²) < 4.78 is 43.1. The van der Waals surface area contributed by atoms with Crippen molar-refractivity contribution >= 4 is 23.1 Å². The van der Waals surface area contributed by atoms with Crippen LogP contribution in [0.4, 0.5) is 30.4 Å². The summed E-state index contributed by atoms with van der Waals surface area (Å²) in [5.74, 6) is -0.00543. The Morgan fingerprint density at radius 2 is 1.86 bits per heavy atom. The monoisotopic (exact) mass is 394 g/mol. The first-order valence-electron chi connectivity index (χ1n) is 8.80. The molecule has 2 heterocycles. The molecule has 0 bridgehead atoms. The van der Waals surface area contributed by atoms with Crippen molar-refractivity contribution in [3.8, 4) is 0 Å². The molecule has 0 atom stereocenters. The first-order valence-corrected chi connectivity index (χ1v) is 8.80. The lowest BCUT2D eigenvalue weighted by atomic mass is 10.2. The number of hydrogen-bond acceptors (Lipinski definition) is 5. The summed E-state index contributed by atoms with van der Waals surface area (Å²) in [7, 11) is 1.59. The van der Waals surface area contributed by atoms with Crippen molar-refractivity contribution in [2.24, 2.45) is 0 Å². The Bertz CT molecular complexity index is 788. The van der Waals surface area contributed by atoms with Crippen LogP contribution in [0.3, 0.4) is 0 Å². The molecule has 28 heavy (non-hydrogen) atoms. The van der Waals surface area contributed by atoms with Gasteiger partial charge in [0, 0.05) is 37.7 Å². The molecule has 1 aromatic carbocycles. The Kier molecular flexibility index (Phi) is 6.03. The van der Waals surface area contributed by atoms with E-state index in [-0.39, 0.29) is 18.3 Å². The number of carbonyl (C=O) groups excluding carboxylic acids is 1. The second-order valence-electron chi connectivity index (χ2n) is 6.45. The number of anilines is 3. The van der Waals surface area contributed by atoms with Gasteiger partial charge >= 0.3 is 6.18 Å². The summed E-state index contributed by atoms with van der Waals surface area (Å²) >= 11 is 0. The second kappa shape index (κ2) is 8.47. The number of nitrogens with zero attached hydrogens (tertiary/aromatic N) is 3. The molecule has 0 radical (unpaired) electrons. The maximum absolute atomic E-state index is 12.6. The van der Waals surface area contributed by atoms with Crippen LogP contribution in [0.25, 0.3) is 0 Å². The van der Waals surface area contributed by atoms with Gasteiger partial charge in [-0.25, -0.2) is 4.98 Å². The lowest BCUT2D eigenvalue weighted by Gasteiger charge is -2.28. The smallest absolute Gasteiger partial charge is 0.378 e. The molecule has 0 unspecified atom stereocenters. The Labute approximate surface area is 160 Å². The zero-order chi connectivity index (χ0) is 20.1. The van der Waals surface area contributed by atoms with Gasteiger partial charge in [-0.2, -0.15) is 13.2 Å². The zero-order valence-electron chi connectivity index (χ0n) is 15.4. The number of alkyl halides is 3. The average molecular weight is 394 g/mol. The van der Waals surface area contributed by atoms with Gasteiger partial charge in [-0.15, -0.1) is 0 Å². The van der Waals surface area contributed by atoms with E-state index in [4.69, 9.17) is 4.74 Å². The van der Waals surface area contributed by atoms with Gasteiger partial charge in [0.2, 0.25) is 5.91 Å². The Hall–Kier alpha value is -2.81. The van der Waals surface area contributed by atoms with Crippen LogP contribution in [-0.4, -0.2) is 50.8 Å². The van der Waals surface area contributed by atoms with Crippen molar-refractivity contribution in [1.82, 2.24) is 4.98 Å². The predicted molar refractivity (Wildman–Crippen MR) is 101 cm³/mol. The molecular formula is C19H21F3N4O2. The number of rotatable bonds is 5. The number of morpholine rings is 1. The molecule has 1 aliphatic heterocycles. The second-order valence-corrected chi connectivity index (χ2v) is 6.45. The van der Waals surface area contributed by atoms with Crippen LogP contribution in [0, 0.1) is 0 Å². The van der Waals surface area contributed by atoms with E-state index in [9.17, 15) is 18.0 Å². The molecule has 3 rings (SSSR count). The van der Waals surface area contributed by atoms with E-state index in [0.717, 1.165) is 31.0 Å². The number of hydrogen-bond donors (Lipinski definition) is 1. The topological polar surface area (TPSA) is 57.7 Å². The molecule has 0 aliphatic carbocycles. The summed E-state index contributed by atoms with van der Waals surface area (Å²) in [6.45, 7) is 3.02. The van der Waals surface area contributed by atoms with Gasteiger partial charge in [0.05, 0.1) is 25.3 Å². The van der Waals surface area contributed by atoms with Crippen molar-refractivity contribution in [2.75, 3.05) is 55.0 Å². The number of carbonyl (C=O) groups is 1. The summed E-state index contributed by atoms with van der Waals surface area (Å²) in [6, 6.07) is 9.69. The van der Waals surface area contributed by atoms with E-state index in [0.29, 0.717) is 18.9 Å². The molecular weight excluding hydrogens is 373 g/mol. The van der Waals surface area contributed by atoms with Gasteiger partial charge in [0.25, 0.3) is 0 Å². The molecule has 1 fully saturated rings. The molecule has 9 heteroatoms. The number of halogens is 3. The number of likely N-dealkylation sites (N-methyl/N-ethyl adjacent to an activating group) is 1. The first-order chi connectivity index (χ1) is 13.3. The molecule has 2 aromatic rings. The summed E-state index contributed by atoms with van der Waals surface area (Å²) in [5, 5.41) is 2.78. The molecule has 0 spiro atoms. The summed E-state index contributed by atoms with van der Waals surface area (Å²) in [4.78, 5) is 19.7. The highest BCUT2D eigenvalue weighted by molar-refractivity contribution is 5.94. The minimum Gasteiger partial charge on any atom is -0.378 e. The van der Waals surface area contributed by atoms with E-state index in [1.54, 1.807) is 7.05 Å². The molecule has 150 valence electrons. The minimum atomic E-state index is -4.44. The van der Waals surface area contributed by atoms with Crippen LogP contribution < -0.4 is 15.1 Å². The van der Waals surface area contributed by atoms with Gasteiger partial charge in [-0.05, 0) is 36.4 Å². The fourth-order valence-electron chi connectivity index (χ4n) is 2.85. The normalized spacial score (nSPS) is 14.6. The largest absolute Gasteiger partial charge is 0.417 e. The van der Waals surface area contributed by atoms with E-state index in [1.165, 1.54) is 11.0 Å². The van der Waals surface area contributed by atoms with Gasteiger partial charge in [0.15, 0.2) is 0 Å². The van der Waals surface area contributed by atoms with Gasteiger partial charge in [-0.3, -0.25) is 4.79 Å². The summed E-state index contributed by atoms with van der Waals surface area (Å²) in [6.07, 6.45) is -3.68. The van der Waals surface area contributed by atoms with Gasteiger partial charge in [-0.1, -0.05) is 0 Å². The van der Waals surface area contributed by atoms with Crippen LogP contribution in [-0.2, 0) is 15.7 Å². The molecule has 1 aliphatic rings. The van der Waals surface area contributed by atoms with E-state index in [1.807, 2.05) is 24.3 Å². The minimum absolute atomic E-state index is 0.0381. The van der Waals surface area contributed by atoms with Crippen molar-refractivity contribution in [3.63, 3.8) is 0 Å². The highest BCUT2D eigenvalue weighted by Gasteiger charge is 2.30. The fourth-order valence-corrected chi connectivity index (χ4v) is 2.85. The third kappa shape index (κ3) is 5.13. The Balaban J connectivity index is 1.54. The highest BCUT2D eigenvalue weighted by Crippen LogP contribution is 2.29. The number of ether oxygens (including phenoxy) is 1. The van der Waals surface area contributed by atoms with Crippen molar-refractivity contribution in [1.29, 1.82) is 0 Å². The average Bonchev–Trinajstić information content (AvgIpc) is 2.68. The van der Waals surface area contributed by atoms with Gasteiger partial charge in [0.1, 0.15) is 5.82 Å². The molecule has 1 amide bonds. The van der Waals surface area contributed by atoms with E-state index in [2.05, 4.69) is 15.2 Å². The number of aromatic nitrogens is 1. The van der Waals surface area contributed by atoms with Crippen LogP contribution >= 0.6 is 0 Å². The molecule has 1 N–H and O–H groups in total. The van der Waals surface area contributed by atoms with Crippen LogP contribution in [0.2, 0.25) is 0 Å². The number of pyridine rings is 1. The quantitative estimate of drug-likeness (QED) is 0.845. The predicted octanol–water partition coefficient (Wildman–Crippen LogP) is 3.01. The highest BCUT2D eigenvalue weighted by atomic mass is 19.4. The summed E-state index contributed by atoms with van der Waals surface area (Å²) in [5.41, 5.74) is 0.887. The fraction of sp³-hybridized carbons (Fsp3) is 0.368. The third-order valence-corrected chi connectivity index (χ3v) is 4.37. The maximum atomic E-state index is 12.6. The van der Waals surface area contributed by atoms with Crippen molar-refractivity contribution < 1.29 is 22.7 Å². The molecule has 0 saturated carbocycles. The Morgan fingerprint density at radius 3 is 2.43 bits per heavy atom. The number of amides is 1. The number of nitrogens with one attached hydrogen (secondary N) is 1. The third-order valence-electron chi connectivity index (χ3n) is 4.37. The number of benzene rings is 1. The van der Waals surface area contributed by atoms with Crippen LogP contribution in [0.5, 0.6) is 0 Å². The van der Waals surface area contributed by atoms with Crippen molar-refractivity contribution in [2.45, 2.75) is 6.18 Å². The van der Waals surface area contributed by atoms with E-state index >= 15 is 0 Å². The van der Waals surface area contributed by atoms with Crippen LogP contribution in [0.15, 0.2) is 42.6 Å². The van der Waals surface area contributed by atoms with Gasteiger partial charge < -0.3 is 19.9 Å². The van der Waals surface area contributed by atoms with Crippen molar-refractivity contribution in [3.05, 3.63) is 48.2 Å². The SMILES string of the molecule is CN(CC(=O)Nc1ccc(N2CCOCC2)cc1)c1ccc(C(F)(F)F)cn1. The standard InChI is InChI=1S/C19H21F3N4O2/c1-25(17-7-2-14(12-23-17)19(20,21)22)13-18(27)24-15-3-5-16(6-4-15)26-8-10-28-11-9-26/h2-7,12H,8-11,13H2,1H3,(H,24,27). The first kappa shape index (κ1) is 19.9. The molecule has 6 nitrogen and oxygen atoms in total. The van der Waals surface area contributed by atoms with Crippen LogP contribution in [0.1, 0.15) is 5.56 Å². The van der Waals surface area contributed by atoms with E-state index < -0.39 is 11.7 Å². The Morgan fingerprint density at radius 1 is 1.18 bits per heavy atom. The molecule has 1 saturated heterocycles. The lowest BCUT2D eigenvalue weighted by molar-refractivity contribution is -0.137.